The van der Waals surface area contributed by atoms with Gasteiger partial charge >= 0.3 is 5.97 Å². The number of benzene rings is 1. The van der Waals surface area contributed by atoms with Gasteiger partial charge in [-0.25, -0.2) is 4.79 Å². The summed E-state index contributed by atoms with van der Waals surface area (Å²) >= 11 is 6.00. The van der Waals surface area contributed by atoms with Gasteiger partial charge in [-0.1, -0.05) is 24.6 Å². The van der Waals surface area contributed by atoms with Crippen molar-refractivity contribution in [3.05, 3.63) is 40.4 Å². The van der Waals surface area contributed by atoms with Gasteiger partial charge in [0.15, 0.2) is 0 Å². The number of hydrogen-bond acceptors (Lipinski definition) is 3. The van der Waals surface area contributed by atoms with Crippen molar-refractivity contribution in [2.75, 3.05) is 13.7 Å². The second-order valence-corrected chi connectivity index (χ2v) is 4.23. The summed E-state index contributed by atoms with van der Waals surface area (Å²) in [4.78, 5) is 11.3. The highest BCUT2D eigenvalue weighted by Crippen LogP contribution is 2.25. The number of carbonyl (C=O) groups excluding carboxylic acids is 1. The smallest absolute Gasteiger partial charge is 0.333 e. The molecule has 0 amide bonds. The van der Waals surface area contributed by atoms with Gasteiger partial charge in [-0.3, -0.25) is 0 Å². The summed E-state index contributed by atoms with van der Waals surface area (Å²) in [5.74, 6) is 0.296. The summed E-state index contributed by atoms with van der Waals surface area (Å²) in [5, 5.41) is 0.560. The Balaban J connectivity index is 2.67. The van der Waals surface area contributed by atoms with Crippen LogP contribution in [0.5, 0.6) is 5.75 Å². The van der Waals surface area contributed by atoms with Crippen LogP contribution < -0.4 is 4.74 Å². The maximum atomic E-state index is 11.3. The zero-order valence-electron chi connectivity index (χ0n) is 10.8. The standard InChI is InChI=1S/C14H17ClO3/c1-4-11(14(16)17-3)7-8-18-13-9-10(2)5-6-12(13)15/h5-7,9H,4,8H2,1-3H3. The highest BCUT2D eigenvalue weighted by atomic mass is 35.5. The van der Waals surface area contributed by atoms with E-state index in [1.54, 1.807) is 12.1 Å². The van der Waals surface area contributed by atoms with Crippen LogP contribution in [0.3, 0.4) is 0 Å². The molecular formula is C14H17ClO3. The van der Waals surface area contributed by atoms with Crippen molar-refractivity contribution in [1.29, 1.82) is 0 Å². The van der Waals surface area contributed by atoms with E-state index in [1.165, 1.54) is 7.11 Å². The van der Waals surface area contributed by atoms with E-state index in [0.717, 1.165) is 5.56 Å². The van der Waals surface area contributed by atoms with E-state index < -0.39 is 0 Å². The van der Waals surface area contributed by atoms with Crippen molar-refractivity contribution in [3.8, 4) is 5.75 Å². The minimum Gasteiger partial charge on any atom is -0.488 e. The number of ether oxygens (including phenoxy) is 2. The van der Waals surface area contributed by atoms with Crippen LogP contribution in [0.4, 0.5) is 0 Å². The lowest BCUT2D eigenvalue weighted by Gasteiger charge is -2.07. The zero-order valence-corrected chi connectivity index (χ0v) is 11.6. The first-order valence-corrected chi connectivity index (χ1v) is 6.12. The van der Waals surface area contributed by atoms with Crippen LogP contribution in [-0.4, -0.2) is 19.7 Å². The molecule has 1 rings (SSSR count). The molecule has 0 unspecified atom stereocenters. The molecule has 3 nitrogen and oxygen atoms in total. The Labute approximate surface area is 112 Å². The Morgan fingerprint density at radius 2 is 2.17 bits per heavy atom. The van der Waals surface area contributed by atoms with Crippen molar-refractivity contribution in [2.24, 2.45) is 0 Å². The Bertz CT molecular complexity index is 452. The van der Waals surface area contributed by atoms with Gasteiger partial charge in [0, 0.05) is 5.57 Å². The number of methoxy groups -OCH3 is 1. The molecule has 1 aromatic rings. The molecule has 0 N–H and O–H groups in total. The summed E-state index contributed by atoms with van der Waals surface area (Å²) < 4.78 is 10.2. The number of rotatable bonds is 5. The van der Waals surface area contributed by atoms with E-state index in [2.05, 4.69) is 4.74 Å². The fraction of sp³-hybridized carbons (Fsp3) is 0.357. The predicted molar refractivity (Wildman–Crippen MR) is 72.1 cm³/mol. The summed E-state index contributed by atoms with van der Waals surface area (Å²) in [6.45, 7) is 4.15. The Morgan fingerprint density at radius 1 is 1.44 bits per heavy atom. The maximum Gasteiger partial charge on any atom is 0.333 e. The molecule has 4 heteroatoms. The topological polar surface area (TPSA) is 35.5 Å². The highest BCUT2D eigenvalue weighted by molar-refractivity contribution is 6.32. The molecule has 0 aliphatic rings. The lowest BCUT2D eigenvalue weighted by molar-refractivity contribution is -0.136. The largest absolute Gasteiger partial charge is 0.488 e. The van der Waals surface area contributed by atoms with Crippen molar-refractivity contribution in [1.82, 2.24) is 0 Å². The SMILES string of the molecule is CCC(=CCOc1cc(C)ccc1Cl)C(=O)OC. The normalized spacial score (nSPS) is 11.2. The number of esters is 1. The van der Waals surface area contributed by atoms with Crippen LogP contribution in [0.2, 0.25) is 5.02 Å². The third-order valence-corrected chi connectivity index (χ3v) is 2.80. The molecular weight excluding hydrogens is 252 g/mol. The molecule has 0 fully saturated rings. The van der Waals surface area contributed by atoms with Crippen molar-refractivity contribution in [3.63, 3.8) is 0 Å². The van der Waals surface area contributed by atoms with E-state index >= 15 is 0 Å². The summed E-state index contributed by atoms with van der Waals surface area (Å²) in [7, 11) is 1.37. The molecule has 0 heterocycles. The summed E-state index contributed by atoms with van der Waals surface area (Å²) in [6, 6.07) is 5.56. The van der Waals surface area contributed by atoms with Crippen molar-refractivity contribution >= 4 is 17.6 Å². The van der Waals surface area contributed by atoms with Gasteiger partial charge < -0.3 is 9.47 Å². The third-order valence-electron chi connectivity index (χ3n) is 2.48. The van der Waals surface area contributed by atoms with E-state index in [1.807, 2.05) is 26.0 Å². The number of aryl methyl sites for hydroxylation is 1. The molecule has 0 spiro atoms. The molecule has 0 aliphatic carbocycles. The summed E-state index contributed by atoms with van der Waals surface area (Å²) in [6.07, 6.45) is 2.32. The minimum atomic E-state index is -0.323. The van der Waals surface area contributed by atoms with Crippen LogP contribution >= 0.6 is 11.6 Å². The lowest BCUT2D eigenvalue weighted by Crippen LogP contribution is -2.06. The number of hydrogen-bond donors (Lipinski definition) is 0. The quantitative estimate of drug-likeness (QED) is 0.605. The highest BCUT2D eigenvalue weighted by Gasteiger charge is 2.06. The Kier molecular flexibility index (Phi) is 5.72. The average molecular weight is 269 g/mol. The van der Waals surface area contributed by atoms with Crippen LogP contribution in [0, 0.1) is 6.92 Å². The molecule has 98 valence electrons. The van der Waals surface area contributed by atoms with Gasteiger partial charge in [0.2, 0.25) is 0 Å². The first-order chi connectivity index (χ1) is 8.58. The summed E-state index contributed by atoms with van der Waals surface area (Å²) in [5.41, 5.74) is 1.67. The van der Waals surface area contributed by atoms with E-state index in [4.69, 9.17) is 16.3 Å². The lowest BCUT2D eigenvalue weighted by atomic mass is 10.2. The van der Waals surface area contributed by atoms with Gasteiger partial charge in [0.05, 0.1) is 12.1 Å². The van der Waals surface area contributed by atoms with Gasteiger partial charge in [-0.2, -0.15) is 0 Å². The molecule has 0 saturated carbocycles. The van der Waals surface area contributed by atoms with Gasteiger partial charge in [-0.05, 0) is 37.1 Å². The van der Waals surface area contributed by atoms with Gasteiger partial charge in [0.25, 0.3) is 0 Å². The first-order valence-electron chi connectivity index (χ1n) is 5.74. The van der Waals surface area contributed by atoms with Gasteiger partial charge in [0.1, 0.15) is 12.4 Å². The van der Waals surface area contributed by atoms with Crippen LogP contribution in [-0.2, 0) is 9.53 Å². The number of carbonyl (C=O) groups is 1. The van der Waals surface area contributed by atoms with E-state index in [-0.39, 0.29) is 5.97 Å². The maximum absolute atomic E-state index is 11.3. The molecule has 0 radical (unpaired) electrons. The first kappa shape index (κ1) is 14.6. The predicted octanol–water partition coefficient (Wildman–Crippen LogP) is 3.54. The Morgan fingerprint density at radius 3 is 2.78 bits per heavy atom. The second-order valence-electron chi connectivity index (χ2n) is 3.82. The third kappa shape index (κ3) is 4.08. The fourth-order valence-corrected chi connectivity index (χ4v) is 1.63. The van der Waals surface area contributed by atoms with Crippen LogP contribution in [0.15, 0.2) is 29.8 Å². The van der Waals surface area contributed by atoms with Crippen LogP contribution in [0.25, 0.3) is 0 Å². The molecule has 18 heavy (non-hydrogen) atoms. The Hall–Kier alpha value is -1.48. The van der Waals surface area contributed by atoms with Gasteiger partial charge in [-0.15, -0.1) is 0 Å². The van der Waals surface area contributed by atoms with E-state index in [9.17, 15) is 4.79 Å². The van der Waals surface area contributed by atoms with E-state index in [0.29, 0.717) is 29.4 Å². The molecule has 1 aromatic carbocycles. The number of halogens is 1. The van der Waals surface area contributed by atoms with Crippen LogP contribution in [0.1, 0.15) is 18.9 Å². The minimum absolute atomic E-state index is 0.293. The zero-order chi connectivity index (χ0) is 13.5. The fourth-order valence-electron chi connectivity index (χ4n) is 1.46. The molecule has 0 atom stereocenters. The molecule has 0 saturated heterocycles. The second kappa shape index (κ2) is 7.07. The van der Waals surface area contributed by atoms with Crippen molar-refractivity contribution in [2.45, 2.75) is 20.3 Å². The molecule has 0 aliphatic heterocycles. The monoisotopic (exact) mass is 268 g/mol. The molecule has 0 aromatic heterocycles. The average Bonchev–Trinajstić information content (AvgIpc) is 2.37. The molecule has 0 bridgehead atoms. The van der Waals surface area contributed by atoms with Crippen molar-refractivity contribution < 1.29 is 14.3 Å².